The molecule has 0 bridgehead atoms. The standard InChI is InChI=1S/C16H25N3O2/c1-4-5-8-18(3)16(20)11-19-10-12(2)21-15-9-13(17)6-7-14(15)19/h6-7,9,12H,4-5,8,10-11,17H2,1-3H3. The van der Waals surface area contributed by atoms with Crippen LogP contribution in [0.1, 0.15) is 26.7 Å². The number of hydrogen-bond acceptors (Lipinski definition) is 4. The second-order valence-electron chi connectivity index (χ2n) is 5.71. The van der Waals surface area contributed by atoms with Gasteiger partial charge in [0.25, 0.3) is 0 Å². The van der Waals surface area contributed by atoms with E-state index < -0.39 is 0 Å². The normalized spacial score (nSPS) is 17.1. The lowest BCUT2D eigenvalue weighted by atomic mass is 10.2. The highest BCUT2D eigenvalue weighted by atomic mass is 16.5. The summed E-state index contributed by atoms with van der Waals surface area (Å²) in [6, 6.07) is 5.59. The number of nitrogens with two attached hydrogens (primary N) is 1. The zero-order valence-electron chi connectivity index (χ0n) is 13.1. The molecule has 1 unspecified atom stereocenters. The maximum absolute atomic E-state index is 12.3. The Bertz CT molecular complexity index is 504. The van der Waals surface area contributed by atoms with Gasteiger partial charge in [-0.05, 0) is 25.5 Å². The molecule has 2 rings (SSSR count). The van der Waals surface area contributed by atoms with E-state index in [-0.39, 0.29) is 12.0 Å². The number of benzene rings is 1. The minimum absolute atomic E-state index is 0.0491. The number of amides is 1. The predicted octanol–water partition coefficient (Wildman–Crippen LogP) is 2.11. The largest absolute Gasteiger partial charge is 0.487 e. The van der Waals surface area contributed by atoms with Crippen LogP contribution in [0.15, 0.2) is 18.2 Å². The summed E-state index contributed by atoms with van der Waals surface area (Å²) in [5.74, 6) is 0.901. The van der Waals surface area contributed by atoms with Gasteiger partial charge in [0, 0.05) is 25.3 Å². The van der Waals surface area contributed by atoms with Gasteiger partial charge in [-0.15, -0.1) is 0 Å². The minimum atomic E-state index is 0.0491. The van der Waals surface area contributed by atoms with E-state index in [0.29, 0.717) is 18.8 Å². The molecule has 21 heavy (non-hydrogen) atoms. The Labute approximate surface area is 126 Å². The van der Waals surface area contributed by atoms with E-state index >= 15 is 0 Å². The van der Waals surface area contributed by atoms with Crippen molar-refractivity contribution in [2.45, 2.75) is 32.8 Å². The fraction of sp³-hybridized carbons (Fsp3) is 0.562. The van der Waals surface area contributed by atoms with Crippen LogP contribution in [0.4, 0.5) is 11.4 Å². The van der Waals surface area contributed by atoms with Crippen molar-refractivity contribution in [3.63, 3.8) is 0 Å². The molecule has 5 heteroatoms. The number of likely N-dealkylation sites (N-methyl/N-ethyl adjacent to an activating group) is 1. The van der Waals surface area contributed by atoms with Gasteiger partial charge >= 0.3 is 0 Å². The molecule has 1 aromatic carbocycles. The van der Waals surface area contributed by atoms with E-state index in [1.807, 2.05) is 32.2 Å². The van der Waals surface area contributed by atoms with Crippen LogP contribution >= 0.6 is 0 Å². The first-order valence-corrected chi connectivity index (χ1v) is 7.56. The van der Waals surface area contributed by atoms with Crippen molar-refractivity contribution in [3.05, 3.63) is 18.2 Å². The number of hydrogen-bond donors (Lipinski definition) is 1. The number of unbranched alkanes of at least 4 members (excludes halogenated alkanes) is 1. The van der Waals surface area contributed by atoms with Crippen molar-refractivity contribution >= 4 is 17.3 Å². The van der Waals surface area contributed by atoms with Crippen LogP contribution in [0.5, 0.6) is 5.75 Å². The molecule has 5 nitrogen and oxygen atoms in total. The second kappa shape index (κ2) is 6.70. The van der Waals surface area contributed by atoms with E-state index in [0.717, 1.165) is 30.8 Å². The van der Waals surface area contributed by atoms with Crippen LogP contribution in [0.2, 0.25) is 0 Å². The Kier molecular flexibility index (Phi) is 4.94. The molecular weight excluding hydrogens is 266 g/mol. The number of fused-ring (bicyclic) bond motifs is 1. The van der Waals surface area contributed by atoms with E-state index in [2.05, 4.69) is 11.8 Å². The predicted molar refractivity (Wildman–Crippen MR) is 85.7 cm³/mol. The fourth-order valence-electron chi connectivity index (χ4n) is 2.50. The van der Waals surface area contributed by atoms with Gasteiger partial charge in [0.15, 0.2) is 0 Å². The molecule has 116 valence electrons. The van der Waals surface area contributed by atoms with E-state index in [9.17, 15) is 4.79 Å². The number of nitrogen functional groups attached to an aromatic ring is 1. The third-order valence-electron chi connectivity index (χ3n) is 3.73. The Morgan fingerprint density at radius 2 is 2.29 bits per heavy atom. The van der Waals surface area contributed by atoms with E-state index in [4.69, 9.17) is 10.5 Å². The number of carbonyl (C=O) groups is 1. The maximum Gasteiger partial charge on any atom is 0.241 e. The Hall–Kier alpha value is -1.91. The molecule has 2 N–H and O–H groups in total. The molecule has 0 aromatic heterocycles. The Morgan fingerprint density at radius 3 is 3.00 bits per heavy atom. The highest BCUT2D eigenvalue weighted by molar-refractivity contribution is 5.82. The summed E-state index contributed by atoms with van der Waals surface area (Å²) in [5.41, 5.74) is 7.42. The first kappa shape index (κ1) is 15.5. The third-order valence-corrected chi connectivity index (χ3v) is 3.73. The molecule has 1 aliphatic rings. The van der Waals surface area contributed by atoms with Crippen molar-refractivity contribution in [1.29, 1.82) is 0 Å². The molecule has 1 aliphatic heterocycles. The van der Waals surface area contributed by atoms with Crippen LogP contribution in [0.25, 0.3) is 0 Å². The summed E-state index contributed by atoms with van der Waals surface area (Å²) in [6.07, 6.45) is 2.18. The molecular formula is C16H25N3O2. The van der Waals surface area contributed by atoms with Crippen LogP contribution < -0.4 is 15.4 Å². The molecule has 0 saturated carbocycles. The lowest BCUT2D eigenvalue weighted by molar-refractivity contribution is -0.128. The molecule has 0 radical (unpaired) electrons. The fourth-order valence-corrected chi connectivity index (χ4v) is 2.50. The molecule has 1 heterocycles. The lowest BCUT2D eigenvalue weighted by Gasteiger charge is -2.35. The number of anilines is 2. The first-order chi connectivity index (χ1) is 10.0. The van der Waals surface area contributed by atoms with Gasteiger partial charge in [0.05, 0.1) is 18.8 Å². The van der Waals surface area contributed by atoms with Crippen LogP contribution in [-0.2, 0) is 4.79 Å². The quantitative estimate of drug-likeness (QED) is 0.844. The monoisotopic (exact) mass is 291 g/mol. The minimum Gasteiger partial charge on any atom is -0.487 e. The van der Waals surface area contributed by atoms with Gasteiger partial charge in [-0.25, -0.2) is 0 Å². The summed E-state index contributed by atoms with van der Waals surface area (Å²) in [4.78, 5) is 16.2. The topological polar surface area (TPSA) is 58.8 Å². The molecule has 1 atom stereocenters. The van der Waals surface area contributed by atoms with Crippen LogP contribution in [-0.4, -0.2) is 43.6 Å². The smallest absolute Gasteiger partial charge is 0.241 e. The summed E-state index contributed by atoms with van der Waals surface area (Å²) < 4.78 is 5.80. The van der Waals surface area contributed by atoms with Gasteiger partial charge in [-0.3, -0.25) is 4.79 Å². The molecule has 0 saturated heterocycles. The first-order valence-electron chi connectivity index (χ1n) is 7.56. The summed E-state index contributed by atoms with van der Waals surface area (Å²) in [6.45, 7) is 6.03. The number of rotatable bonds is 5. The van der Waals surface area contributed by atoms with E-state index in [1.54, 1.807) is 4.90 Å². The van der Waals surface area contributed by atoms with E-state index in [1.165, 1.54) is 0 Å². The number of nitrogens with zero attached hydrogens (tertiary/aromatic N) is 2. The molecule has 0 spiro atoms. The summed E-state index contributed by atoms with van der Waals surface area (Å²) >= 11 is 0. The number of carbonyl (C=O) groups excluding carboxylic acids is 1. The molecule has 0 aliphatic carbocycles. The SMILES string of the molecule is CCCCN(C)C(=O)CN1CC(C)Oc2cc(N)ccc21. The van der Waals surface area contributed by atoms with Crippen molar-refractivity contribution in [2.24, 2.45) is 0 Å². The van der Waals surface area contributed by atoms with Gasteiger partial charge in [0.1, 0.15) is 11.9 Å². The van der Waals surface area contributed by atoms with Crippen molar-refractivity contribution < 1.29 is 9.53 Å². The average Bonchev–Trinajstić information content (AvgIpc) is 2.43. The zero-order chi connectivity index (χ0) is 15.4. The Balaban J connectivity index is 2.09. The number of ether oxygens (including phenoxy) is 1. The summed E-state index contributed by atoms with van der Waals surface area (Å²) in [5, 5.41) is 0. The van der Waals surface area contributed by atoms with Crippen molar-refractivity contribution in [3.8, 4) is 5.75 Å². The molecule has 1 aromatic rings. The van der Waals surface area contributed by atoms with Gasteiger partial charge in [-0.2, -0.15) is 0 Å². The van der Waals surface area contributed by atoms with Gasteiger partial charge in [0.2, 0.25) is 5.91 Å². The lowest BCUT2D eigenvalue weighted by Crippen LogP contribution is -2.45. The third kappa shape index (κ3) is 3.80. The van der Waals surface area contributed by atoms with Crippen molar-refractivity contribution in [1.82, 2.24) is 4.90 Å². The van der Waals surface area contributed by atoms with Crippen molar-refractivity contribution in [2.75, 3.05) is 37.3 Å². The van der Waals surface area contributed by atoms with Gasteiger partial charge < -0.3 is 20.3 Å². The zero-order valence-corrected chi connectivity index (χ0v) is 13.1. The van der Waals surface area contributed by atoms with Crippen LogP contribution in [0.3, 0.4) is 0 Å². The van der Waals surface area contributed by atoms with Gasteiger partial charge in [-0.1, -0.05) is 13.3 Å². The highest BCUT2D eigenvalue weighted by Crippen LogP contribution is 2.34. The molecule has 1 amide bonds. The van der Waals surface area contributed by atoms with Crippen LogP contribution in [0, 0.1) is 0 Å². The second-order valence-corrected chi connectivity index (χ2v) is 5.71. The highest BCUT2D eigenvalue weighted by Gasteiger charge is 2.25. The molecule has 0 fully saturated rings. The summed E-state index contributed by atoms with van der Waals surface area (Å²) in [7, 11) is 1.87. The maximum atomic E-state index is 12.3. The Morgan fingerprint density at radius 1 is 1.52 bits per heavy atom. The average molecular weight is 291 g/mol.